The van der Waals surface area contributed by atoms with Crippen LogP contribution in [-0.4, -0.2) is 15.6 Å². The number of nitrogens with zero attached hydrogens (tertiary/aromatic N) is 1. The number of aryl methyl sites for hydroxylation is 2. The van der Waals surface area contributed by atoms with E-state index in [0.29, 0.717) is 12.1 Å². The van der Waals surface area contributed by atoms with E-state index in [1.165, 1.54) is 16.4 Å². The van der Waals surface area contributed by atoms with E-state index in [0.717, 1.165) is 24.8 Å². The normalized spacial score (nSPS) is 17.5. The Morgan fingerprint density at radius 3 is 3.00 bits per heavy atom. The number of H-pyrrole nitrogens is 1. The molecular formula is C16H17ClN2O2. The lowest BCUT2D eigenvalue weighted by molar-refractivity contribution is 0.103. The van der Waals surface area contributed by atoms with Crippen LogP contribution >= 0.6 is 11.6 Å². The van der Waals surface area contributed by atoms with E-state index >= 15 is 0 Å². The molecule has 1 aromatic heterocycles. The van der Waals surface area contributed by atoms with Crippen LogP contribution in [0, 0.1) is 0 Å². The zero-order valence-corrected chi connectivity index (χ0v) is 12.6. The van der Waals surface area contributed by atoms with Crippen LogP contribution in [0.4, 0.5) is 0 Å². The van der Waals surface area contributed by atoms with Crippen molar-refractivity contribution in [3.05, 3.63) is 57.0 Å². The van der Waals surface area contributed by atoms with Gasteiger partial charge in [-0.05, 0) is 43.4 Å². The van der Waals surface area contributed by atoms with Crippen LogP contribution in [0.1, 0.15) is 52.2 Å². The largest absolute Gasteiger partial charge is 0.302 e. The lowest BCUT2D eigenvalue weighted by Gasteiger charge is -2.21. The van der Waals surface area contributed by atoms with Crippen molar-refractivity contribution in [3.63, 3.8) is 0 Å². The summed E-state index contributed by atoms with van der Waals surface area (Å²) in [6.07, 6.45) is 4.48. The lowest BCUT2D eigenvalue weighted by atomic mass is 9.89. The summed E-state index contributed by atoms with van der Waals surface area (Å²) in [6, 6.07) is 5.60. The zero-order chi connectivity index (χ0) is 15.0. The molecule has 1 heterocycles. The molecule has 1 aromatic carbocycles. The van der Waals surface area contributed by atoms with Gasteiger partial charge in [0.15, 0.2) is 5.78 Å². The zero-order valence-electron chi connectivity index (χ0n) is 11.9. The molecule has 1 aliphatic carbocycles. The number of rotatable bonds is 3. The van der Waals surface area contributed by atoms with Gasteiger partial charge in [-0.3, -0.25) is 14.3 Å². The number of alkyl halides is 1. The van der Waals surface area contributed by atoms with E-state index in [9.17, 15) is 9.59 Å². The maximum Gasteiger partial charge on any atom is 0.277 e. The minimum Gasteiger partial charge on any atom is -0.302 e. The quantitative estimate of drug-likeness (QED) is 0.700. The van der Waals surface area contributed by atoms with Crippen molar-refractivity contribution in [2.45, 2.75) is 38.1 Å². The van der Waals surface area contributed by atoms with E-state index in [4.69, 9.17) is 11.6 Å². The topological polar surface area (TPSA) is 54.9 Å². The number of aromatic amines is 1. The van der Waals surface area contributed by atoms with E-state index in [1.807, 2.05) is 19.1 Å². The van der Waals surface area contributed by atoms with Crippen molar-refractivity contribution in [2.75, 3.05) is 0 Å². The minimum absolute atomic E-state index is 0.0416. The predicted octanol–water partition coefficient (Wildman–Crippen LogP) is 3.04. The molecule has 1 N–H and O–H groups in total. The van der Waals surface area contributed by atoms with Crippen LogP contribution in [0.25, 0.3) is 0 Å². The molecule has 0 spiro atoms. The van der Waals surface area contributed by atoms with Crippen LogP contribution in [0.3, 0.4) is 0 Å². The number of fused-ring (bicyclic) bond motifs is 1. The van der Waals surface area contributed by atoms with Gasteiger partial charge in [0.05, 0.1) is 5.38 Å². The van der Waals surface area contributed by atoms with E-state index in [-0.39, 0.29) is 22.3 Å². The molecule has 2 aromatic rings. The van der Waals surface area contributed by atoms with Gasteiger partial charge < -0.3 is 5.10 Å². The summed E-state index contributed by atoms with van der Waals surface area (Å²) in [5.74, 6) is -0.249. The van der Waals surface area contributed by atoms with Gasteiger partial charge in [-0.1, -0.05) is 12.1 Å². The molecule has 0 saturated carbocycles. The maximum atomic E-state index is 12.5. The van der Waals surface area contributed by atoms with Crippen LogP contribution in [-0.2, 0) is 13.0 Å². The maximum absolute atomic E-state index is 12.5. The highest BCUT2D eigenvalue weighted by Crippen LogP contribution is 2.35. The first-order valence-corrected chi connectivity index (χ1v) is 7.65. The molecule has 110 valence electrons. The molecule has 0 saturated heterocycles. The Labute approximate surface area is 127 Å². The van der Waals surface area contributed by atoms with Crippen LogP contribution in [0.2, 0.25) is 0 Å². The third-order valence-electron chi connectivity index (χ3n) is 4.05. The van der Waals surface area contributed by atoms with Gasteiger partial charge in [-0.25, -0.2) is 0 Å². The first-order chi connectivity index (χ1) is 10.1. The van der Waals surface area contributed by atoms with Crippen LogP contribution < -0.4 is 5.56 Å². The molecule has 0 amide bonds. The van der Waals surface area contributed by atoms with Gasteiger partial charge in [0.2, 0.25) is 0 Å². The van der Waals surface area contributed by atoms with Crippen LogP contribution in [0.5, 0.6) is 0 Å². The summed E-state index contributed by atoms with van der Waals surface area (Å²) in [5.41, 5.74) is 2.67. The molecule has 4 nitrogen and oxygen atoms in total. The monoisotopic (exact) mass is 304 g/mol. The van der Waals surface area contributed by atoms with E-state index in [2.05, 4.69) is 5.10 Å². The van der Waals surface area contributed by atoms with Crippen LogP contribution in [0.15, 0.2) is 29.2 Å². The van der Waals surface area contributed by atoms with E-state index in [1.54, 1.807) is 6.07 Å². The Kier molecular flexibility index (Phi) is 3.72. The summed E-state index contributed by atoms with van der Waals surface area (Å²) in [7, 11) is 0. The number of carbonyl (C=O) groups excluding carboxylic acids is 1. The highest BCUT2D eigenvalue weighted by molar-refractivity contribution is 6.21. The molecule has 0 radical (unpaired) electrons. The Morgan fingerprint density at radius 1 is 1.48 bits per heavy atom. The molecule has 21 heavy (non-hydrogen) atoms. The molecule has 0 aliphatic heterocycles. The Hall–Kier alpha value is -1.81. The highest BCUT2D eigenvalue weighted by Gasteiger charge is 2.21. The van der Waals surface area contributed by atoms with Crippen molar-refractivity contribution in [3.8, 4) is 0 Å². The lowest BCUT2D eigenvalue weighted by Crippen LogP contribution is -2.21. The first kappa shape index (κ1) is 14.1. The van der Waals surface area contributed by atoms with Gasteiger partial charge in [-0.15, -0.1) is 11.6 Å². The van der Waals surface area contributed by atoms with E-state index < -0.39 is 0 Å². The van der Waals surface area contributed by atoms with Crippen molar-refractivity contribution in [1.82, 2.24) is 9.78 Å². The number of benzene rings is 1. The number of hydrogen-bond donors (Lipinski definition) is 1. The minimum atomic E-state index is -0.275. The molecule has 3 rings (SSSR count). The second kappa shape index (κ2) is 5.53. The van der Waals surface area contributed by atoms with Gasteiger partial charge in [-0.2, -0.15) is 0 Å². The smallest absolute Gasteiger partial charge is 0.277 e. The molecule has 1 aliphatic rings. The number of hydrogen-bond acceptors (Lipinski definition) is 2. The fourth-order valence-electron chi connectivity index (χ4n) is 2.84. The fourth-order valence-corrected chi connectivity index (χ4v) is 3.20. The summed E-state index contributed by atoms with van der Waals surface area (Å²) >= 11 is 6.34. The summed E-state index contributed by atoms with van der Waals surface area (Å²) in [6.45, 7) is 2.36. The van der Waals surface area contributed by atoms with Crippen molar-refractivity contribution >= 4 is 17.4 Å². The number of ketones is 1. The van der Waals surface area contributed by atoms with Crippen molar-refractivity contribution < 1.29 is 4.79 Å². The van der Waals surface area contributed by atoms with Gasteiger partial charge >= 0.3 is 0 Å². The Morgan fingerprint density at radius 2 is 2.29 bits per heavy atom. The van der Waals surface area contributed by atoms with Crippen molar-refractivity contribution in [1.29, 1.82) is 0 Å². The SMILES string of the molecule is CCn1[nH]cc(C(=O)c2ccc3c(c2)C(Cl)CCC3)c1=O. The molecular weight excluding hydrogens is 288 g/mol. The third-order valence-corrected chi connectivity index (χ3v) is 4.50. The first-order valence-electron chi connectivity index (χ1n) is 7.21. The third kappa shape index (κ3) is 2.44. The average molecular weight is 305 g/mol. The number of nitrogens with one attached hydrogen (secondary N) is 1. The molecule has 5 heteroatoms. The molecule has 0 bridgehead atoms. The predicted molar refractivity (Wildman–Crippen MR) is 82.1 cm³/mol. The number of carbonyl (C=O) groups is 1. The average Bonchev–Trinajstić information content (AvgIpc) is 2.87. The summed E-state index contributed by atoms with van der Waals surface area (Å²) in [5, 5.41) is 2.76. The fraction of sp³-hybridized carbons (Fsp3) is 0.375. The molecule has 1 unspecified atom stereocenters. The highest BCUT2D eigenvalue weighted by atomic mass is 35.5. The van der Waals surface area contributed by atoms with Gasteiger partial charge in [0, 0.05) is 18.3 Å². The Balaban J connectivity index is 2.00. The standard InChI is InChI=1S/C16H17ClN2O2/c1-2-19-16(21)13(9-18-19)15(20)11-7-6-10-4-3-5-14(17)12(10)8-11/h6-9,14,18H,2-5H2,1H3. The second-order valence-electron chi connectivity index (χ2n) is 5.34. The summed E-state index contributed by atoms with van der Waals surface area (Å²) < 4.78 is 1.41. The summed E-state index contributed by atoms with van der Waals surface area (Å²) in [4.78, 5) is 24.6. The number of aromatic nitrogens is 2. The van der Waals surface area contributed by atoms with Gasteiger partial charge in [0.1, 0.15) is 5.56 Å². The molecule has 1 atom stereocenters. The molecule has 0 fully saturated rings. The van der Waals surface area contributed by atoms with Gasteiger partial charge in [0.25, 0.3) is 5.56 Å². The number of halogens is 1. The Bertz CT molecular complexity index is 745. The van der Waals surface area contributed by atoms with Crippen molar-refractivity contribution in [2.24, 2.45) is 0 Å². The second-order valence-corrected chi connectivity index (χ2v) is 5.87.